The van der Waals surface area contributed by atoms with Crippen LogP contribution in [0.3, 0.4) is 0 Å². The van der Waals surface area contributed by atoms with Gasteiger partial charge in [-0.1, -0.05) is 34.1 Å². The van der Waals surface area contributed by atoms with Gasteiger partial charge in [-0.3, -0.25) is 9.59 Å². The van der Waals surface area contributed by atoms with Crippen molar-refractivity contribution in [3.63, 3.8) is 0 Å². The number of benzene rings is 3. The van der Waals surface area contributed by atoms with Crippen LogP contribution < -0.4 is 15.3 Å². The molecule has 7 nitrogen and oxygen atoms in total. The quantitative estimate of drug-likeness (QED) is 0.181. The van der Waals surface area contributed by atoms with Gasteiger partial charge in [-0.05, 0) is 48.5 Å². The van der Waals surface area contributed by atoms with Gasteiger partial charge in [0.05, 0.1) is 16.8 Å². The van der Waals surface area contributed by atoms with Crippen molar-refractivity contribution in [2.45, 2.75) is 0 Å². The first-order valence-corrected chi connectivity index (χ1v) is 10.2. The molecule has 0 aliphatic carbocycles. The highest BCUT2D eigenvalue weighted by Gasteiger charge is 2.36. The Kier molecular flexibility index (Phi) is 4.71. The van der Waals surface area contributed by atoms with E-state index in [2.05, 4.69) is 15.9 Å². The van der Waals surface area contributed by atoms with Crippen LogP contribution in [0.1, 0.15) is 31.1 Å². The first-order chi connectivity index (χ1) is 15.4. The molecule has 0 atom stereocenters. The second kappa shape index (κ2) is 7.58. The van der Waals surface area contributed by atoms with E-state index in [9.17, 15) is 19.2 Å². The van der Waals surface area contributed by atoms with Gasteiger partial charge in [0.1, 0.15) is 16.9 Å². The van der Waals surface area contributed by atoms with Crippen molar-refractivity contribution in [1.82, 2.24) is 0 Å². The molecule has 5 rings (SSSR count). The molecule has 1 aliphatic rings. The molecule has 2 amide bonds. The molecule has 156 valence electrons. The number of halogens is 1. The summed E-state index contributed by atoms with van der Waals surface area (Å²) in [6.07, 6.45) is 0. The highest BCUT2D eigenvalue weighted by molar-refractivity contribution is 9.10. The van der Waals surface area contributed by atoms with Crippen molar-refractivity contribution in [2.75, 3.05) is 4.90 Å². The van der Waals surface area contributed by atoms with Gasteiger partial charge in [0.2, 0.25) is 0 Å². The number of anilines is 1. The van der Waals surface area contributed by atoms with Crippen molar-refractivity contribution in [3.8, 4) is 5.75 Å². The third kappa shape index (κ3) is 3.30. The van der Waals surface area contributed by atoms with E-state index in [4.69, 9.17) is 9.15 Å². The van der Waals surface area contributed by atoms with E-state index >= 15 is 0 Å². The first kappa shape index (κ1) is 19.9. The maximum absolute atomic E-state index is 12.7. The molecular formula is C24H12BrNO6. The fourth-order valence-corrected chi connectivity index (χ4v) is 3.89. The number of rotatable bonds is 3. The molecule has 8 heteroatoms. The number of amides is 2. The Bertz CT molecular complexity index is 1470. The van der Waals surface area contributed by atoms with E-state index in [1.54, 1.807) is 54.6 Å². The van der Waals surface area contributed by atoms with Gasteiger partial charge in [0.15, 0.2) is 0 Å². The van der Waals surface area contributed by atoms with E-state index < -0.39 is 23.4 Å². The molecule has 2 heterocycles. The fourth-order valence-electron chi connectivity index (χ4n) is 3.51. The summed E-state index contributed by atoms with van der Waals surface area (Å²) in [6, 6.07) is 18.9. The van der Waals surface area contributed by atoms with Crippen LogP contribution in [-0.2, 0) is 0 Å². The molecule has 1 aliphatic heterocycles. The van der Waals surface area contributed by atoms with Crippen LogP contribution in [0.5, 0.6) is 5.75 Å². The smallest absolute Gasteiger partial charge is 0.351 e. The predicted molar refractivity (Wildman–Crippen MR) is 119 cm³/mol. The van der Waals surface area contributed by atoms with Gasteiger partial charge in [0, 0.05) is 15.9 Å². The third-order valence-electron chi connectivity index (χ3n) is 4.99. The lowest BCUT2D eigenvalue weighted by Gasteiger charge is -2.15. The number of fused-ring (bicyclic) bond motifs is 2. The monoisotopic (exact) mass is 489 g/mol. The molecule has 3 aromatic carbocycles. The number of carbonyl (C=O) groups excluding carboxylic acids is 3. The second-order valence-electron chi connectivity index (χ2n) is 7.01. The van der Waals surface area contributed by atoms with Crippen molar-refractivity contribution >= 4 is 50.4 Å². The molecule has 0 unspecified atom stereocenters. The maximum atomic E-state index is 12.7. The number of nitrogens with zero attached hydrogens (tertiary/aromatic N) is 1. The predicted octanol–water partition coefficient (Wildman–Crippen LogP) is 4.58. The molecule has 0 spiro atoms. The average molecular weight is 490 g/mol. The van der Waals surface area contributed by atoms with Crippen molar-refractivity contribution < 1.29 is 23.5 Å². The molecule has 0 fully saturated rings. The Morgan fingerprint density at radius 3 is 2.28 bits per heavy atom. The van der Waals surface area contributed by atoms with Crippen LogP contribution in [0.4, 0.5) is 5.69 Å². The molecule has 32 heavy (non-hydrogen) atoms. The van der Waals surface area contributed by atoms with Gasteiger partial charge >= 0.3 is 11.6 Å². The minimum Gasteiger partial charge on any atom is -0.423 e. The van der Waals surface area contributed by atoms with Gasteiger partial charge in [0.25, 0.3) is 11.8 Å². The number of hydrogen-bond acceptors (Lipinski definition) is 6. The highest BCUT2D eigenvalue weighted by Crippen LogP contribution is 2.30. The number of carbonyl (C=O) groups is 3. The lowest BCUT2D eigenvalue weighted by molar-refractivity contribution is 0.0730. The number of imide groups is 1. The summed E-state index contributed by atoms with van der Waals surface area (Å²) < 4.78 is 11.3. The standard InChI is InChI=1S/C24H12BrNO6/c25-14-8-9-20-13(10-14)11-19(24(30)32-20)23(29)31-16-5-3-4-15(12-16)26-21(27)17-6-1-2-7-18(17)22(26)28/h1-12H. The zero-order chi connectivity index (χ0) is 22.4. The zero-order valence-corrected chi connectivity index (χ0v) is 17.8. The molecule has 0 radical (unpaired) electrons. The average Bonchev–Trinajstić information content (AvgIpc) is 3.04. The molecule has 0 saturated heterocycles. The van der Waals surface area contributed by atoms with Crippen LogP contribution in [-0.4, -0.2) is 17.8 Å². The lowest BCUT2D eigenvalue weighted by atomic mass is 10.1. The van der Waals surface area contributed by atoms with Crippen molar-refractivity contribution in [1.29, 1.82) is 0 Å². The fraction of sp³-hybridized carbons (Fsp3) is 0. The number of esters is 1. The normalized spacial score (nSPS) is 12.8. The van der Waals surface area contributed by atoms with E-state index in [1.165, 1.54) is 18.2 Å². The van der Waals surface area contributed by atoms with Crippen LogP contribution >= 0.6 is 15.9 Å². The summed E-state index contributed by atoms with van der Waals surface area (Å²) in [6.45, 7) is 0. The van der Waals surface area contributed by atoms with Crippen LogP contribution in [0.15, 0.2) is 86.5 Å². The number of ether oxygens (including phenoxy) is 1. The minimum absolute atomic E-state index is 0.0674. The Hall–Kier alpha value is -4.04. The topological polar surface area (TPSA) is 93.9 Å². The number of hydrogen-bond donors (Lipinski definition) is 0. The van der Waals surface area contributed by atoms with E-state index in [1.807, 2.05) is 0 Å². The Labute approximate surface area is 189 Å². The second-order valence-corrected chi connectivity index (χ2v) is 7.92. The summed E-state index contributed by atoms with van der Waals surface area (Å²) in [5, 5.41) is 0.547. The minimum atomic E-state index is -0.917. The van der Waals surface area contributed by atoms with Crippen LogP contribution in [0, 0.1) is 0 Å². The Morgan fingerprint density at radius 2 is 1.56 bits per heavy atom. The Balaban J connectivity index is 1.45. The van der Waals surface area contributed by atoms with E-state index in [-0.39, 0.29) is 17.0 Å². The summed E-state index contributed by atoms with van der Waals surface area (Å²) in [7, 11) is 0. The van der Waals surface area contributed by atoms with Crippen LogP contribution in [0.2, 0.25) is 0 Å². The summed E-state index contributed by atoms with van der Waals surface area (Å²) in [5.41, 5.74) is 0.0843. The largest absolute Gasteiger partial charge is 0.423 e. The third-order valence-corrected chi connectivity index (χ3v) is 5.49. The summed E-state index contributed by atoms with van der Waals surface area (Å²) in [5.74, 6) is -1.78. The van der Waals surface area contributed by atoms with E-state index in [0.29, 0.717) is 22.1 Å². The summed E-state index contributed by atoms with van der Waals surface area (Å²) >= 11 is 3.33. The zero-order valence-electron chi connectivity index (χ0n) is 16.2. The van der Waals surface area contributed by atoms with Crippen molar-refractivity contribution in [2.24, 2.45) is 0 Å². The highest BCUT2D eigenvalue weighted by atomic mass is 79.9. The molecule has 0 N–H and O–H groups in total. The van der Waals surface area contributed by atoms with Gasteiger partial charge in [-0.25, -0.2) is 14.5 Å². The SMILES string of the molecule is O=C(Oc1cccc(N2C(=O)c3ccccc3C2=O)c1)c1cc2cc(Br)ccc2oc1=O. The lowest BCUT2D eigenvalue weighted by Crippen LogP contribution is -2.29. The molecule has 0 bridgehead atoms. The summed E-state index contributed by atoms with van der Waals surface area (Å²) in [4.78, 5) is 51.3. The molecule has 1 aromatic heterocycles. The van der Waals surface area contributed by atoms with E-state index in [0.717, 1.165) is 9.37 Å². The molecular weight excluding hydrogens is 478 g/mol. The van der Waals surface area contributed by atoms with Gasteiger partial charge < -0.3 is 9.15 Å². The van der Waals surface area contributed by atoms with Gasteiger partial charge in [-0.15, -0.1) is 0 Å². The van der Waals surface area contributed by atoms with Gasteiger partial charge in [-0.2, -0.15) is 0 Å². The Morgan fingerprint density at radius 1 is 0.844 bits per heavy atom. The first-order valence-electron chi connectivity index (χ1n) is 9.46. The molecule has 4 aromatic rings. The van der Waals surface area contributed by atoms with Crippen LogP contribution in [0.25, 0.3) is 11.0 Å². The maximum Gasteiger partial charge on any atom is 0.351 e. The molecule has 0 saturated carbocycles. The van der Waals surface area contributed by atoms with Crippen molar-refractivity contribution in [3.05, 3.63) is 104 Å².